The van der Waals surface area contributed by atoms with Gasteiger partial charge in [-0.15, -0.1) is 6.58 Å². The largest absolute Gasteiger partial charge is 0.386 e. The van der Waals surface area contributed by atoms with Gasteiger partial charge in [0.1, 0.15) is 6.29 Å². The molecule has 0 unspecified atom stereocenters. The Morgan fingerprint density at radius 1 is 1.41 bits per heavy atom. The Morgan fingerprint density at radius 2 is 2.00 bits per heavy atom. The number of aliphatic hydroxyl groups is 1. The molecule has 2 heteroatoms. The molecule has 0 bridgehead atoms. The van der Waals surface area contributed by atoms with E-state index >= 15 is 0 Å². The first-order valence-corrected chi connectivity index (χ1v) is 5.95. The minimum absolute atomic E-state index is 0.0621. The lowest BCUT2D eigenvalue weighted by atomic mass is 9.59. The number of carbonyl (C=O) groups is 1. The van der Waals surface area contributed by atoms with Gasteiger partial charge in [-0.2, -0.15) is 0 Å². The third kappa shape index (κ3) is 2.42. The molecule has 2 nitrogen and oxygen atoms in total. The topological polar surface area (TPSA) is 37.3 Å². The number of hydrogen-bond donors (Lipinski definition) is 1. The second kappa shape index (κ2) is 4.61. The highest BCUT2D eigenvalue weighted by molar-refractivity contribution is 5.73. The minimum Gasteiger partial charge on any atom is -0.386 e. The average molecular weight is 234 g/mol. The van der Waals surface area contributed by atoms with Gasteiger partial charge in [-0.1, -0.05) is 26.2 Å². The molecule has 0 aliphatic heterocycles. The highest BCUT2D eigenvalue weighted by atomic mass is 16.3. The van der Waals surface area contributed by atoms with Gasteiger partial charge in [0.2, 0.25) is 0 Å². The first-order valence-electron chi connectivity index (χ1n) is 5.95. The van der Waals surface area contributed by atoms with E-state index in [4.69, 9.17) is 0 Å². The summed E-state index contributed by atoms with van der Waals surface area (Å²) in [5.74, 6) is -0.0621. The normalized spacial score (nSPS) is 37.2. The first-order chi connectivity index (χ1) is 7.79. The zero-order valence-electron chi connectivity index (χ0n) is 10.8. The Kier molecular flexibility index (Phi) is 3.78. The predicted molar refractivity (Wildman–Crippen MR) is 70.6 cm³/mol. The van der Waals surface area contributed by atoms with Crippen LogP contribution in [-0.2, 0) is 4.79 Å². The lowest BCUT2D eigenvalue weighted by Gasteiger charge is -2.47. The molecule has 0 saturated heterocycles. The smallest absolute Gasteiger partial charge is 0.145 e. The van der Waals surface area contributed by atoms with Gasteiger partial charge < -0.3 is 5.11 Å². The lowest BCUT2D eigenvalue weighted by molar-refractivity contribution is -0.106. The van der Waals surface area contributed by atoms with E-state index in [1.165, 1.54) is 0 Å². The maximum absolute atomic E-state index is 11.0. The van der Waals surface area contributed by atoms with Gasteiger partial charge in [-0.05, 0) is 48.7 Å². The second-order valence-corrected chi connectivity index (χ2v) is 5.47. The van der Waals surface area contributed by atoms with Crippen LogP contribution < -0.4 is 0 Å². The van der Waals surface area contributed by atoms with Crippen LogP contribution in [0.3, 0.4) is 0 Å². The molecule has 3 atom stereocenters. The monoisotopic (exact) mass is 234 g/mol. The van der Waals surface area contributed by atoms with Crippen molar-refractivity contribution in [1.82, 2.24) is 0 Å². The van der Waals surface area contributed by atoms with Crippen LogP contribution in [0.15, 0.2) is 37.0 Å². The molecule has 0 heterocycles. The fourth-order valence-corrected chi connectivity index (χ4v) is 2.59. The highest BCUT2D eigenvalue weighted by Gasteiger charge is 2.45. The van der Waals surface area contributed by atoms with Crippen molar-refractivity contribution in [3.8, 4) is 0 Å². The molecular formula is C15H22O2. The minimum atomic E-state index is -0.876. The van der Waals surface area contributed by atoms with E-state index in [-0.39, 0.29) is 11.3 Å². The molecule has 0 aromatic rings. The number of allylic oxidation sites excluding steroid dienone is 2. The fraction of sp³-hybridized carbons (Fsp3) is 0.533. The van der Waals surface area contributed by atoms with E-state index in [2.05, 4.69) is 26.7 Å². The van der Waals surface area contributed by atoms with Crippen LogP contribution >= 0.6 is 0 Å². The zero-order valence-corrected chi connectivity index (χ0v) is 10.8. The van der Waals surface area contributed by atoms with E-state index < -0.39 is 5.60 Å². The van der Waals surface area contributed by atoms with Crippen molar-refractivity contribution in [2.75, 3.05) is 0 Å². The van der Waals surface area contributed by atoms with Crippen LogP contribution in [0.5, 0.6) is 0 Å². The van der Waals surface area contributed by atoms with Crippen molar-refractivity contribution in [1.29, 1.82) is 0 Å². The summed E-state index contributed by atoms with van der Waals surface area (Å²) in [6.45, 7) is 15.4. The third-order valence-electron chi connectivity index (χ3n) is 4.27. The summed E-state index contributed by atoms with van der Waals surface area (Å²) in [7, 11) is 0. The van der Waals surface area contributed by atoms with Crippen molar-refractivity contribution in [2.24, 2.45) is 11.3 Å². The number of aldehydes is 1. The zero-order chi connectivity index (χ0) is 13.3. The SMILES string of the molecule is C=C[C@]1(C)CC[C@@](O)(C(=C)C)C[C@H]1C(=C)C=O. The summed E-state index contributed by atoms with van der Waals surface area (Å²) in [6.07, 6.45) is 4.62. The van der Waals surface area contributed by atoms with Gasteiger partial charge in [-0.25, -0.2) is 0 Å². The molecule has 1 aliphatic carbocycles. The molecule has 1 N–H and O–H groups in total. The maximum Gasteiger partial charge on any atom is 0.145 e. The Bertz CT molecular complexity index is 369. The lowest BCUT2D eigenvalue weighted by Crippen LogP contribution is -2.44. The molecule has 94 valence electrons. The molecule has 1 fully saturated rings. The quantitative estimate of drug-likeness (QED) is 0.461. The summed E-state index contributed by atoms with van der Waals surface area (Å²) < 4.78 is 0. The molecule has 0 aromatic heterocycles. The Morgan fingerprint density at radius 3 is 2.41 bits per heavy atom. The molecule has 1 saturated carbocycles. The fourth-order valence-electron chi connectivity index (χ4n) is 2.59. The Labute approximate surface area is 104 Å². The molecule has 0 spiro atoms. The first kappa shape index (κ1) is 13.9. The number of carbonyl (C=O) groups excluding carboxylic acids is 1. The van der Waals surface area contributed by atoms with Crippen molar-refractivity contribution < 1.29 is 9.90 Å². The molecular weight excluding hydrogens is 212 g/mol. The van der Waals surface area contributed by atoms with Gasteiger partial charge in [0.25, 0.3) is 0 Å². The molecule has 0 amide bonds. The molecule has 17 heavy (non-hydrogen) atoms. The summed E-state index contributed by atoms with van der Waals surface area (Å²) in [4.78, 5) is 11.0. The van der Waals surface area contributed by atoms with Crippen molar-refractivity contribution in [3.63, 3.8) is 0 Å². The second-order valence-electron chi connectivity index (χ2n) is 5.47. The molecule has 0 radical (unpaired) electrons. The van der Waals surface area contributed by atoms with Crippen LogP contribution in [0.1, 0.15) is 33.1 Å². The van der Waals surface area contributed by atoms with Gasteiger partial charge >= 0.3 is 0 Å². The Hall–Kier alpha value is -1.15. The summed E-state index contributed by atoms with van der Waals surface area (Å²) in [6, 6.07) is 0. The van der Waals surface area contributed by atoms with Crippen LogP contribution in [0.2, 0.25) is 0 Å². The van der Waals surface area contributed by atoms with E-state index in [9.17, 15) is 9.90 Å². The number of rotatable bonds is 4. The maximum atomic E-state index is 11.0. The van der Waals surface area contributed by atoms with Crippen LogP contribution in [0.4, 0.5) is 0 Å². The van der Waals surface area contributed by atoms with Gasteiger partial charge in [0.05, 0.1) is 5.60 Å². The van der Waals surface area contributed by atoms with E-state index in [0.717, 1.165) is 18.3 Å². The summed E-state index contributed by atoms with van der Waals surface area (Å²) in [5.41, 5.74) is 0.248. The Balaban J connectivity index is 3.08. The summed E-state index contributed by atoms with van der Waals surface area (Å²) in [5, 5.41) is 10.5. The highest BCUT2D eigenvalue weighted by Crippen LogP contribution is 2.50. The van der Waals surface area contributed by atoms with E-state index in [0.29, 0.717) is 18.4 Å². The summed E-state index contributed by atoms with van der Waals surface area (Å²) >= 11 is 0. The van der Waals surface area contributed by atoms with Crippen molar-refractivity contribution in [2.45, 2.75) is 38.7 Å². The van der Waals surface area contributed by atoms with Gasteiger partial charge in [0.15, 0.2) is 0 Å². The third-order valence-corrected chi connectivity index (χ3v) is 4.27. The van der Waals surface area contributed by atoms with Crippen LogP contribution in [0, 0.1) is 11.3 Å². The van der Waals surface area contributed by atoms with Gasteiger partial charge in [-0.3, -0.25) is 4.79 Å². The molecule has 0 aromatic carbocycles. The van der Waals surface area contributed by atoms with Crippen molar-refractivity contribution in [3.05, 3.63) is 37.0 Å². The van der Waals surface area contributed by atoms with Crippen molar-refractivity contribution >= 4 is 6.29 Å². The average Bonchev–Trinajstić information content (AvgIpc) is 2.31. The van der Waals surface area contributed by atoms with Gasteiger partial charge in [0, 0.05) is 0 Å². The van der Waals surface area contributed by atoms with Crippen LogP contribution in [0.25, 0.3) is 0 Å². The van der Waals surface area contributed by atoms with E-state index in [1.807, 2.05) is 13.0 Å². The molecule has 1 aliphatic rings. The standard InChI is InChI=1S/C15H22O2/c1-6-14(5)7-8-15(17,11(2)3)9-13(14)12(4)10-16/h6,10,13,17H,1-2,4,7-9H2,3,5H3/t13-,14+,15-/m0/s1. The predicted octanol–water partition coefficient (Wildman–Crippen LogP) is 3.04. The molecule has 1 rings (SSSR count). The number of hydrogen-bond acceptors (Lipinski definition) is 2. The van der Waals surface area contributed by atoms with E-state index in [1.54, 1.807) is 0 Å². The van der Waals surface area contributed by atoms with Crippen LogP contribution in [-0.4, -0.2) is 17.0 Å².